The minimum absolute atomic E-state index is 0.241. The number of benzene rings is 2. The molecule has 2 aromatic carbocycles. The fourth-order valence-corrected chi connectivity index (χ4v) is 2.31. The molecule has 122 valence electrons. The Kier molecular flexibility index (Phi) is 5.99. The molecule has 0 radical (unpaired) electrons. The number of esters is 1. The molecule has 4 nitrogen and oxygen atoms in total. The average molecular weight is 376 g/mol. The molecule has 23 heavy (non-hydrogen) atoms. The van der Waals surface area contributed by atoms with E-state index in [1.165, 1.54) is 26.2 Å². The first-order chi connectivity index (χ1) is 10.9. The van der Waals surface area contributed by atoms with Crippen LogP contribution in [0.3, 0.4) is 0 Å². The quantitative estimate of drug-likeness (QED) is 0.418. The molecule has 0 aliphatic carbocycles. The van der Waals surface area contributed by atoms with E-state index in [2.05, 4.69) is 0 Å². The Balaban J connectivity index is 2.10. The van der Waals surface area contributed by atoms with Crippen LogP contribution < -0.4 is 14.2 Å². The highest BCUT2D eigenvalue weighted by Crippen LogP contribution is 2.34. The minimum Gasteiger partial charge on any atom is -0.493 e. The lowest BCUT2D eigenvalue weighted by Gasteiger charge is -2.16. The maximum atomic E-state index is 12.1. The monoisotopic (exact) mass is 374 g/mol. The molecule has 0 heterocycles. The number of carbonyl (C=O) groups excluding carboxylic acids is 1. The van der Waals surface area contributed by atoms with Gasteiger partial charge in [0.15, 0.2) is 17.6 Å². The molecule has 0 amide bonds. The number of carbonyl (C=O) groups is 1. The second kappa shape index (κ2) is 7.77. The summed E-state index contributed by atoms with van der Waals surface area (Å²) in [5.41, 5.74) is 0. The highest BCUT2D eigenvalue weighted by atomic mass is 35.5. The predicted octanol–water partition coefficient (Wildman–Crippen LogP) is 5.03. The van der Waals surface area contributed by atoms with Crippen LogP contribution >= 0.6 is 34.8 Å². The number of ether oxygens (including phenoxy) is 3. The Labute approximate surface area is 148 Å². The van der Waals surface area contributed by atoms with Crippen molar-refractivity contribution in [1.82, 2.24) is 0 Å². The molecule has 0 aromatic heterocycles. The van der Waals surface area contributed by atoms with Gasteiger partial charge in [0.05, 0.1) is 22.2 Å². The summed E-state index contributed by atoms with van der Waals surface area (Å²) in [7, 11) is 1.49. The van der Waals surface area contributed by atoms with Crippen LogP contribution in [0.4, 0.5) is 0 Å². The summed E-state index contributed by atoms with van der Waals surface area (Å²) in [6.07, 6.45) is -0.908. The van der Waals surface area contributed by atoms with E-state index in [1.54, 1.807) is 24.3 Å². The average Bonchev–Trinajstić information content (AvgIpc) is 2.53. The Morgan fingerprint density at radius 3 is 2.22 bits per heavy atom. The zero-order chi connectivity index (χ0) is 17.0. The van der Waals surface area contributed by atoms with Gasteiger partial charge >= 0.3 is 5.97 Å². The molecule has 1 atom stereocenters. The first-order valence-corrected chi connectivity index (χ1v) is 7.71. The van der Waals surface area contributed by atoms with E-state index < -0.39 is 12.1 Å². The zero-order valence-corrected chi connectivity index (χ0v) is 14.6. The maximum absolute atomic E-state index is 12.1. The van der Waals surface area contributed by atoms with Crippen LogP contribution in [0.2, 0.25) is 15.1 Å². The molecular weight excluding hydrogens is 363 g/mol. The number of hydrogen-bond donors (Lipinski definition) is 0. The third-order valence-electron chi connectivity index (χ3n) is 2.89. The Morgan fingerprint density at radius 1 is 0.957 bits per heavy atom. The zero-order valence-electron chi connectivity index (χ0n) is 12.3. The van der Waals surface area contributed by atoms with Crippen molar-refractivity contribution in [1.29, 1.82) is 0 Å². The minimum atomic E-state index is -0.908. The van der Waals surface area contributed by atoms with Gasteiger partial charge in [-0.15, -0.1) is 0 Å². The van der Waals surface area contributed by atoms with Gasteiger partial charge in [-0.1, -0.05) is 46.9 Å². The van der Waals surface area contributed by atoms with E-state index in [0.29, 0.717) is 16.5 Å². The second-order valence-corrected chi connectivity index (χ2v) is 5.75. The third kappa shape index (κ3) is 4.44. The molecule has 0 fully saturated rings. The largest absolute Gasteiger partial charge is 0.493 e. The first kappa shape index (κ1) is 17.7. The fourth-order valence-electron chi connectivity index (χ4n) is 1.73. The summed E-state index contributed by atoms with van der Waals surface area (Å²) in [6.45, 7) is 1.54. The summed E-state index contributed by atoms with van der Waals surface area (Å²) in [6, 6.07) is 9.69. The lowest BCUT2D eigenvalue weighted by molar-refractivity contribution is -0.141. The van der Waals surface area contributed by atoms with E-state index in [9.17, 15) is 4.79 Å². The molecule has 0 saturated carbocycles. The van der Waals surface area contributed by atoms with E-state index in [-0.39, 0.29) is 15.8 Å². The van der Waals surface area contributed by atoms with E-state index in [1.807, 2.05) is 0 Å². The highest BCUT2D eigenvalue weighted by Gasteiger charge is 2.20. The van der Waals surface area contributed by atoms with Gasteiger partial charge in [0, 0.05) is 6.07 Å². The van der Waals surface area contributed by atoms with Gasteiger partial charge in [0.1, 0.15) is 5.75 Å². The molecule has 1 unspecified atom stereocenters. The van der Waals surface area contributed by atoms with Crippen LogP contribution in [-0.4, -0.2) is 19.2 Å². The third-order valence-corrected chi connectivity index (χ3v) is 3.91. The van der Waals surface area contributed by atoms with Crippen LogP contribution in [0.1, 0.15) is 6.92 Å². The number of halogens is 3. The lowest BCUT2D eigenvalue weighted by Crippen LogP contribution is -2.28. The number of para-hydroxylation sites is 2. The summed E-state index contributed by atoms with van der Waals surface area (Å²) in [5, 5.41) is 0.820. The number of hydrogen-bond acceptors (Lipinski definition) is 4. The number of rotatable bonds is 5. The van der Waals surface area contributed by atoms with Gasteiger partial charge in [0.2, 0.25) is 0 Å². The van der Waals surface area contributed by atoms with Crippen molar-refractivity contribution in [2.45, 2.75) is 13.0 Å². The van der Waals surface area contributed by atoms with Crippen LogP contribution in [0.25, 0.3) is 0 Å². The van der Waals surface area contributed by atoms with Gasteiger partial charge in [-0.25, -0.2) is 4.79 Å². The molecule has 0 N–H and O–H groups in total. The molecule has 0 spiro atoms. The van der Waals surface area contributed by atoms with Crippen molar-refractivity contribution in [3.05, 3.63) is 51.5 Å². The first-order valence-electron chi connectivity index (χ1n) is 6.58. The van der Waals surface area contributed by atoms with Crippen LogP contribution in [0.15, 0.2) is 36.4 Å². The standard InChI is InChI=1S/C16H13Cl3O4/c1-9(22-15-8-11(18)10(17)7-12(15)19)16(20)23-14-6-4-3-5-13(14)21-2/h3-9H,1-2H3. The van der Waals surface area contributed by atoms with Gasteiger partial charge < -0.3 is 14.2 Å². The van der Waals surface area contributed by atoms with Crippen molar-refractivity contribution in [3.8, 4) is 17.2 Å². The predicted molar refractivity (Wildman–Crippen MR) is 90.2 cm³/mol. The van der Waals surface area contributed by atoms with Crippen LogP contribution in [0, 0.1) is 0 Å². The van der Waals surface area contributed by atoms with Crippen molar-refractivity contribution in [2.75, 3.05) is 7.11 Å². The normalized spacial score (nSPS) is 11.7. The molecule has 0 bridgehead atoms. The van der Waals surface area contributed by atoms with E-state index in [0.717, 1.165) is 0 Å². The van der Waals surface area contributed by atoms with Gasteiger partial charge in [-0.2, -0.15) is 0 Å². The fraction of sp³-hybridized carbons (Fsp3) is 0.188. The van der Waals surface area contributed by atoms with Crippen LogP contribution in [0.5, 0.6) is 17.2 Å². The summed E-state index contributed by atoms with van der Waals surface area (Å²) in [4.78, 5) is 12.1. The summed E-state index contributed by atoms with van der Waals surface area (Å²) < 4.78 is 15.9. The molecule has 0 saturated heterocycles. The van der Waals surface area contributed by atoms with Crippen molar-refractivity contribution in [3.63, 3.8) is 0 Å². The Morgan fingerprint density at radius 2 is 1.57 bits per heavy atom. The smallest absolute Gasteiger partial charge is 0.352 e. The molecule has 2 rings (SSSR count). The van der Waals surface area contributed by atoms with Gasteiger partial charge in [-0.05, 0) is 25.1 Å². The summed E-state index contributed by atoms with van der Waals surface area (Å²) >= 11 is 17.8. The Bertz CT molecular complexity index is 718. The second-order valence-electron chi connectivity index (χ2n) is 4.53. The van der Waals surface area contributed by atoms with Crippen molar-refractivity contribution >= 4 is 40.8 Å². The number of methoxy groups -OCH3 is 1. The maximum Gasteiger partial charge on any atom is 0.352 e. The van der Waals surface area contributed by atoms with Crippen molar-refractivity contribution < 1.29 is 19.0 Å². The topological polar surface area (TPSA) is 44.8 Å². The molecule has 7 heteroatoms. The Hall–Kier alpha value is -1.62. The molecular formula is C16H13Cl3O4. The van der Waals surface area contributed by atoms with Gasteiger partial charge in [-0.3, -0.25) is 0 Å². The SMILES string of the molecule is COc1ccccc1OC(=O)C(C)Oc1cc(Cl)c(Cl)cc1Cl. The van der Waals surface area contributed by atoms with Crippen LogP contribution in [-0.2, 0) is 4.79 Å². The van der Waals surface area contributed by atoms with Gasteiger partial charge in [0.25, 0.3) is 0 Å². The van der Waals surface area contributed by atoms with E-state index in [4.69, 9.17) is 49.0 Å². The molecule has 0 aliphatic heterocycles. The molecule has 0 aliphatic rings. The highest BCUT2D eigenvalue weighted by molar-refractivity contribution is 6.43. The van der Waals surface area contributed by atoms with Crippen molar-refractivity contribution in [2.24, 2.45) is 0 Å². The van der Waals surface area contributed by atoms with E-state index >= 15 is 0 Å². The molecule has 2 aromatic rings. The lowest BCUT2D eigenvalue weighted by atomic mass is 10.3. The summed E-state index contributed by atoms with van der Waals surface area (Å²) in [5.74, 6) is 0.387.